The molecular weight excluding hydrogens is 721 g/mol. The first-order valence-electron chi connectivity index (χ1n) is 18.1. The van der Waals surface area contributed by atoms with Gasteiger partial charge >= 0.3 is 12.1 Å². The van der Waals surface area contributed by atoms with E-state index in [0.29, 0.717) is 37.2 Å². The fourth-order valence-corrected chi connectivity index (χ4v) is 7.83. The Morgan fingerprint density at radius 1 is 1.02 bits per heavy atom. The highest BCUT2D eigenvalue weighted by Gasteiger charge is 2.62. The predicted octanol–water partition coefficient (Wildman–Crippen LogP) is 3.35. The molecular formula is C38H46N4O11S. The van der Waals surface area contributed by atoms with Crippen LogP contribution in [0.3, 0.4) is 0 Å². The third kappa shape index (κ3) is 9.58. The molecule has 15 nitrogen and oxygen atoms in total. The lowest BCUT2D eigenvalue weighted by Gasteiger charge is -2.30. The molecule has 5 atom stereocenters. The summed E-state index contributed by atoms with van der Waals surface area (Å²) in [6.45, 7) is 4.78. The maximum absolute atomic E-state index is 14.3. The van der Waals surface area contributed by atoms with Crippen LogP contribution in [-0.4, -0.2) is 97.4 Å². The third-order valence-electron chi connectivity index (χ3n) is 9.44. The molecule has 0 spiro atoms. The number of ether oxygens (including phenoxy) is 4. The van der Waals surface area contributed by atoms with Gasteiger partial charge in [0.05, 0.1) is 24.0 Å². The SMILES string of the molecule is CC(C)(C)OC(=O)NC1COCCC/C=C\C2CC2(C(=O)NS(=O)(=O)C2CC2)NC(=O)C2CC(OC(=O)c3cccc(Oc4ccccc4)c3)CN2C1=O. The first-order chi connectivity index (χ1) is 25.6. The van der Waals surface area contributed by atoms with Crippen LogP contribution in [0.25, 0.3) is 0 Å². The summed E-state index contributed by atoms with van der Waals surface area (Å²) in [5, 5.41) is 4.67. The molecule has 2 aliphatic heterocycles. The van der Waals surface area contributed by atoms with E-state index in [4.69, 9.17) is 18.9 Å². The number of amides is 4. The summed E-state index contributed by atoms with van der Waals surface area (Å²) in [6, 6.07) is 12.8. The Labute approximate surface area is 314 Å². The molecule has 0 bridgehead atoms. The molecule has 2 heterocycles. The van der Waals surface area contributed by atoms with Crippen LogP contribution in [0.4, 0.5) is 4.79 Å². The van der Waals surface area contributed by atoms with E-state index in [9.17, 15) is 32.4 Å². The topological polar surface area (TPSA) is 196 Å². The van der Waals surface area contributed by atoms with Gasteiger partial charge in [0, 0.05) is 18.9 Å². The maximum Gasteiger partial charge on any atom is 0.408 e. The molecule has 54 heavy (non-hydrogen) atoms. The number of allylic oxidation sites excluding steroid dienone is 1. The predicted molar refractivity (Wildman–Crippen MR) is 194 cm³/mol. The van der Waals surface area contributed by atoms with Crippen LogP contribution in [0.15, 0.2) is 66.7 Å². The molecule has 0 aromatic heterocycles. The smallest absolute Gasteiger partial charge is 0.408 e. The van der Waals surface area contributed by atoms with Crippen molar-refractivity contribution in [2.75, 3.05) is 19.8 Å². The zero-order valence-corrected chi connectivity index (χ0v) is 31.3. The number of carbonyl (C=O) groups is 5. The molecule has 2 aliphatic carbocycles. The van der Waals surface area contributed by atoms with Crippen LogP contribution in [-0.2, 0) is 38.6 Å². The number of nitrogens with zero attached hydrogens (tertiary/aromatic N) is 1. The van der Waals surface area contributed by atoms with E-state index in [0.717, 1.165) is 0 Å². The molecule has 4 amide bonds. The molecule has 0 radical (unpaired) electrons. The van der Waals surface area contributed by atoms with Gasteiger partial charge in [-0.1, -0.05) is 36.4 Å². The van der Waals surface area contributed by atoms with E-state index < -0.39 is 80.3 Å². The van der Waals surface area contributed by atoms with E-state index >= 15 is 0 Å². The van der Waals surface area contributed by atoms with Gasteiger partial charge in [0.25, 0.3) is 5.91 Å². The van der Waals surface area contributed by atoms with Gasteiger partial charge in [0.15, 0.2) is 0 Å². The van der Waals surface area contributed by atoms with Crippen LogP contribution >= 0.6 is 0 Å². The van der Waals surface area contributed by atoms with Gasteiger partial charge in [-0.05, 0) is 83.2 Å². The van der Waals surface area contributed by atoms with Crippen molar-refractivity contribution in [1.82, 2.24) is 20.3 Å². The number of rotatable bonds is 8. The van der Waals surface area contributed by atoms with Gasteiger partial charge in [-0.2, -0.15) is 0 Å². The Morgan fingerprint density at radius 3 is 2.48 bits per heavy atom. The first-order valence-corrected chi connectivity index (χ1v) is 19.6. The van der Waals surface area contributed by atoms with Crippen LogP contribution in [0.1, 0.15) is 69.7 Å². The van der Waals surface area contributed by atoms with Gasteiger partial charge in [-0.3, -0.25) is 19.1 Å². The molecule has 290 valence electrons. The van der Waals surface area contributed by atoms with Gasteiger partial charge in [0.1, 0.15) is 40.8 Å². The van der Waals surface area contributed by atoms with Crippen molar-refractivity contribution in [2.24, 2.45) is 5.92 Å². The summed E-state index contributed by atoms with van der Waals surface area (Å²) < 4.78 is 50.6. The molecule has 2 aromatic carbocycles. The average Bonchev–Trinajstić information content (AvgIpc) is 4.03. The van der Waals surface area contributed by atoms with Crippen LogP contribution in [0, 0.1) is 5.92 Å². The molecule has 2 saturated carbocycles. The van der Waals surface area contributed by atoms with E-state index in [2.05, 4.69) is 15.4 Å². The van der Waals surface area contributed by atoms with Gasteiger partial charge in [0.2, 0.25) is 21.8 Å². The largest absolute Gasteiger partial charge is 0.457 e. The number of fused-ring (bicyclic) bond motifs is 2. The number of nitrogens with one attached hydrogen (secondary N) is 3. The molecule has 16 heteroatoms. The Kier molecular flexibility index (Phi) is 11.3. The number of alkyl carbamates (subject to hydrolysis) is 1. The fraction of sp³-hybridized carbons (Fsp3) is 0.500. The van der Waals surface area contributed by atoms with Crippen molar-refractivity contribution in [3.8, 4) is 11.5 Å². The highest BCUT2D eigenvalue weighted by molar-refractivity contribution is 7.91. The minimum Gasteiger partial charge on any atom is -0.457 e. The number of hydrogen-bond acceptors (Lipinski definition) is 11. The zero-order chi connectivity index (χ0) is 38.7. The van der Waals surface area contributed by atoms with E-state index in [1.54, 1.807) is 57.2 Å². The highest BCUT2D eigenvalue weighted by atomic mass is 32.2. The summed E-state index contributed by atoms with van der Waals surface area (Å²) in [4.78, 5) is 69.6. The van der Waals surface area contributed by atoms with Crippen molar-refractivity contribution >= 4 is 39.8 Å². The quantitative estimate of drug-likeness (QED) is 0.263. The normalized spacial score (nSPS) is 26.8. The monoisotopic (exact) mass is 766 g/mol. The number of carbonyl (C=O) groups excluding carboxylic acids is 5. The lowest BCUT2D eigenvalue weighted by molar-refractivity contribution is -0.142. The zero-order valence-electron chi connectivity index (χ0n) is 30.4. The maximum atomic E-state index is 14.3. The standard InChI is InChI=1S/C38H46N4O11S/c1-37(2,3)53-36(47)39-30-23-50-18-9-5-6-12-25-21-38(25,35(46)41-54(48,49)29-16-17-29)40-32(43)31-20-28(22-42(31)33(30)44)52-34(45)24-11-10-15-27(19-24)51-26-13-7-4-8-14-26/h4,6-8,10-15,19,25,28-31H,5,9,16-18,20-23H2,1-3H3,(H,39,47)(H,40,43)(H,41,46)/b12-6-. The second kappa shape index (κ2) is 15.8. The van der Waals surface area contributed by atoms with Crippen LogP contribution in [0.5, 0.6) is 11.5 Å². The molecule has 2 aromatic rings. The summed E-state index contributed by atoms with van der Waals surface area (Å²) in [7, 11) is -3.93. The Morgan fingerprint density at radius 2 is 1.76 bits per heavy atom. The summed E-state index contributed by atoms with van der Waals surface area (Å²) >= 11 is 0. The molecule has 6 rings (SSSR count). The van der Waals surface area contributed by atoms with Gasteiger partial charge in [-0.25, -0.2) is 18.0 Å². The van der Waals surface area contributed by atoms with Crippen molar-refractivity contribution in [2.45, 2.75) is 93.9 Å². The van der Waals surface area contributed by atoms with Crippen LogP contribution < -0.4 is 20.1 Å². The van der Waals surface area contributed by atoms with Gasteiger partial charge in [-0.15, -0.1) is 0 Å². The minimum absolute atomic E-state index is 0.140. The number of esters is 1. The Hall–Kier alpha value is -4.96. The lowest BCUT2D eigenvalue weighted by atomic mass is 10.1. The highest BCUT2D eigenvalue weighted by Crippen LogP contribution is 2.46. The molecule has 1 saturated heterocycles. The molecule has 3 N–H and O–H groups in total. The summed E-state index contributed by atoms with van der Waals surface area (Å²) in [6.07, 6.45) is 3.71. The van der Waals surface area contributed by atoms with Crippen molar-refractivity contribution in [3.63, 3.8) is 0 Å². The number of hydrogen-bond donors (Lipinski definition) is 3. The average molecular weight is 767 g/mol. The molecule has 4 aliphatic rings. The van der Waals surface area contributed by atoms with Crippen molar-refractivity contribution in [3.05, 3.63) is 72.3 Å². The van der Waals surface area contributed by atoms with Gasteiger partial charge < -0.3 is 34.5 Å². The second-order valence-electron chi connectivity index (χ2n) is 15.0. The molecule has 5 unspecified atom stereocenters. The van der Waals surface area contributed by atoms with E-state index in [1.165, 1.54) is 11.0 Å². The third-order valence-corrected chi connectivity index (χ3v) is 11.3. The van der Waals surface area contributed by atoms with Crippen LogP contribution in [0.2, 0.25) is 0 Å². The van der Waals surface area contributed by atoms with Crippen molar-refractivity contribution in [1.29, 1.82) is 0 Å². The van der Waals surface area contributed by atoms with E-state index in [-0.39, 0.29) is 38.2 Å². The second-order valence-corrected chi connectivity index (χ2v) is 17.0. The fourth-order valence-electron chi connectivity index (χ4n) is 6.46. The first kappa shape index (κ1) is 38.8. The van der Waals surface area contributed by atoms with E-state index in [1.807, 2.05) is 24.3 Å². The van der Waals surface area contributed by atoms with Crippen molar-refractivity contribution < 1.29 is 51.3 Å². The number of para-hydroxylation sites is 1. The summed E-state index contributed by atoms with van der Waals surface area (Å²) in [5.74, 6) is -2.58. The molecule has 3 fully saturated rings. The Bertz CT molecular complexity index is 1890. The number of benzene rings is 2. The number of sulfonamides is 1. The Balaban J connectivity index is 1.25. The lowest BCUT2D eigenvalue weighted by Crippen LogP contribution is -2.59. The summed E-state index contributed by atoms with van der Waals surface area (Å²) in [5.41, 5.74) is -2.29. The minimum atomic E-state index is -3.93.